The number of alkyl halides is 3. The van der Waals surface area contributed by atoms with E-state index in [2.05, 4.69) is 11.3 Å². The van der Waals surface area contributed by atoms with Gasteiger partial charge in [-0.25, -0.2) is 4.79 Å². The Kier molecular flexibility index (Phi) is 4.38. The van der Waals surface area contributed by atoms with Gasteiger partial charge >= 0.3 is 12.1 Å². The summed E-state index contributed by atoms with van der Waals surface area (Å²) in [6, 6.07) is 0. The zero-order valence-electron chi connectivity index (χ0n) is 8.61. The molecular formula is C8H11F5O2S. The molecule has 0 radical (unpaired) electrons. The molecule has 0 N–H and O–H groups in total. The number of carbonyl (C=O) groups is 1. The van der Waals surface area contributed by atoms with Crippen LogP contribution < -0.4 is 0 Å². The summed E-state index contributed by atoms with van der Waals surface area (Å²) >= 11 is 0. The molecule has 0 aromatic rings. The molecule has 0 aromatic heterocycles. The average molecular weight is 266 g/mol. The SMILES string of the molecule is C=CC(=O)OCS(F)(F)C(C)(C)C(F)(F)F. The molecule has 0 heterocycles. The van der Waals surface area contributed by atoms with Gasteiger partial charge in [-0.3, -0.25) is 0 Å². The number of halogens is 5. The molecule has 96 valence electrons. The van der Waals surface area contributed by atoms with Gasteiger partial charge < -0.3 is 4.74 Å². The number of esters is 1. The highest BCUT2D eigenvalue weighted by molar-refractivity contribution is 8.26. The lowest BCUT2D eigenvalue weighted by Crippen LogP contribution is -2.42. The van der Waals surface area contributed by atoms with Crippen molar-refractivity contribution in [1.82, 2.24) is 0 Å². The van der Waals surface area contributed by atoms with Gasteiger partial charge in [-0.1, -0.05) is 6.58 Å². The standard InChI is InChI=1S/C8H11F5O2S/c1-4-6(14)15-5-16(12,13)7(2,3)8(9,10)11/h4H,1,5H2,2-3H3. The maximum Gasteiger partial charge on any atom is 0.406 e. The fourth-order valence-corrected chi connectivity index (χ4v) is 1.41. The zero-order chi connectivity index (χ0) is 13.2. The lowest BCUT2D eigenvalue weighted by atomic mass is 10.2. The molecule has 0 saturated carbocycles. The minimum absolute atomic E-state index is 0.379. The van der Waals surface area contributed by atoms with E-state index < -0.39 is 33.6 Å². The van der Waals surface area contributed by atoms with Crippen molar-refractivity contribution in [2.45, 2.75) is 24.8 Å². The Labute approximate surface area is 91.4 Å². The summed E-state index contributed by atoms with van der Waals surface area (Å²) in [4.78, 5) is 10.5. The van der Waals surface area contributed by atoms with E-state index in [1.165, 1.54) is 0 Å². The van der Waals surface area contributed by atoms with Gasteiger partial charge in [0.05, 0.1) is 0 Å². The van der Waals surface area contributed by atoms with Crippen LogP contribution in [0.15, 0.2) is 12.7 Å². The fraction of sp³-hybridized carbons (Fsp3) is 0.625. The maximum absolute atomic E-state index is 13.2. The van der Waals surface area contributed by atoms with Crippen LogP contribution in [0.1, 0.15) is 13.8 Å². The molecule has 0 saturated heterocycles. The third-order valence-corrected chi connectivity index (χ3v) is 4.08. The second-order valence-corrected chi connectivity index (χ2v) is 5.78. The number of hydrogen-bond donors (Lipinski definition) is 0. The molecule has 2 nitrogen and oxygen atoms in total. The normalized spacial score (nSPS) is 14.4. The van der Waals surface area contributed by atoms with Crippen LogP contribution in [0.25, 0.3) is 0 Å². The van der Waals surface area contributed by atoms with Crippen LogP contribution >= 0.6 is 10.8 Å². The molecule has 0 amide bonds. The van der Waals surface area contributed by atoms with E-state index in [9.17, 15) is 25.7 Å². The summed E-state index contributed by atoms with van der Waals surface area (Å²) in [5, 5.41) is 0. The van der Waals surface area contributed by atoms with Gasteiger partial charge in [0.2, 0.25) is 0 Å². The predicted octanol–water partition coefficient (Wildman–Crippen LogP) is 3.59. The van der Waals surface area contributed by atoms with Crippen molar-refractivity contribution in [3.8, 4) is 0 Å². The lowest BCUT2D eigenvalue weighted by Gasteiger charge is -2.37. The van der Waals surface area contributed by atoms with Crippen LogP contribution in [0, 0.1) is 0 Å². The summed E-state index contributed by atoms with van der Waals surface area (Å²) in [7, 11) is -5.14. The molecule has 0 atom stereocenters. The Hall–Kier alpha value is -0.790. The van der Waals surface area contributed by atoms with Gasteiger partial charge in [0.1, 0.15) is 15.5 Å². The first-order valence-electron chi connectivity index (χ1n) is 4.01. The van der Waals surface area contributed by atoms with E-state index in [1.54, 1.807) is 0 Å². The largest absolute Gasteiger partial charge is 0.448 e. The Balaban J connectivity index is 4.78. The van der Waals surface area contributed by atoms with E-state index in [0.29, 0.717) is 19.9 Å². The topological polar surface area (TPSA) is 26.3 Å². The minimum atomic E-state index is -5.14. The monoisotopic (exact) mass is 266 g/mol. The number of carbonyl (C=O) groups excluding carboxylic acids is 1. The highest BCUT2D eigenvalue weighted by Crippen LogP contribution is 2.67. The highest BCUT2D eigenvalue weighted by atomic mass is 32.3. The third kappa shape index (κ3) is 3.10. The maximum atomic E-state index is 13.2. The molecule has 0 spiro atoms. The highest BCUT2D eigenvalue weighted by Gasteiger charge is 2.60. The van der Waals surface area contributed by atoms with E-state index in [-0.39, 0.29) is 0 Å². The van der Waals surface area contributed by atoms with E-state index in [0.717, 1.165) is 0 Å². The molecule has 0 aromatic carbocycles. The van der Waals surface area contributed by atoms with Crippen molar-refractivity contribution in [2.75, 3.05) is 5.94 Å². The molecule has 8 heteroatoms. The van der Waals surface area contributed by atoms with Crippen molar-refractivity contribution in [3.63, 3.8) is 0 Å². The third-order valence-electron chi connectivity index (χ3n) is 1.95. The summed E-state index contributed by atoms with van der Waals surface area (Å²) in [5.74, 6) is -2.73. The second-order valence-electron chi connectivity index (χ2n) is 3.37. The Bertz CT molecular complexity index is 285. The molecule has 0 aliphatic carbocycles. The molecule has 0 unspecified atom stereocenters. The molecule has 16 heavy (non-hydrogen) atoms. The van der Waals surface area contributed by atoms with Gasteiger partial charge in [0, 0.05) is 6.08 Å². The van der Waals surface area contributed by atoms with Crippen LogP contribution in [0.3, 0.4) is 0 Å². The number of ether oxygens (including phenoxy) is 1. The van der Waals surface area contributed by atoms with Gasteiger partial charge in [0.15, 0.2) is 5.94 Å². The van der Waals surface area contributed by atoms with Gasteiger partial charge in [0.25, 0.3) is 0 Å². The van der Waals surface area contributed by atoms with E-state index in [4.69, 9.17) is 0 Å². The lowest BCUT2D eigenvalue weighted by molar-refractivity contribution is -0.154. The van der Waals surface area contributed by atoms with Gasteiger partial charge in [-0.2, -0.15) is 20.9 Å². The number of hydrogen-bond acceptors (Lipinski definition) is 2. The molecule has 0 rings (SSSR count). The van der Waals surface area contributed by atoms with Crippen molar-refractivity contribution in [3.05, 3.63) is 12.7 Å². The van der Waals surface area contributed by atoms with E-state index in [1.807, 2.05) is 0 Å². The van der Waals surface area contributed by atoms with Crippen molar-refractivity contribution in [1.29, 1.82) is 0 Å². The first-order chi connectivity index (χ1) is 6.95. The van der Waals surface area contributed by atoms with Crippen LogP contribution in [0.4, 0.5) is 20.9 Å². The Morgan fingerprint density at radius 2 is 1.81 bits per heavy atom. The molecular weight excluding hydrogens is 255 g/mol. The molecule has 0 bridgehead atoms. The van der Waals surface area contributed by atoms with E-state index >= 15 is 0 Å². The van der Waals surface area contributed by atoms with Crippen LogP contribution in [-0.2, 0) is 9.53 Å². The van der Waals surface area contributed by atoms with Crippen molar-refractivity contribution >= 4 is 16.8 Å². The van der Waals surface area contributed by atoms with Crippen LogP contribution in [0.5, 0.6) is 0 Å². The van der Waals surface area contributed by atoms with Gasteiger partial charge in [-0.15, -0.1) is 0 Å². The first kappa shape index (κ1) is 15.2. The molecule has 0 aliphatic rings. The number of rotatable bonds is 4. The minimum Gasteiger partial charge on any atom is -0.448 e. The predicted molar refractivity (Wildman–Crippen MR) is 51.1 cm³/mol. The molecule has 0 fully saturated rings. The first-order valence-corrected chi connectivity index (χ1v) is 5.62. The smallest absolute Gasteiger partial charge is 0.406 e. The van der Waals surface area contributed by atoms with Gasteiger partial charge in [-0.05, 0) is 13.8 Å². The summed E-state index contributed by atoms with van der Waals surface area (Å²) in [5.41, 5.74) is 0. The van der Waals surface area contributed by atoms with Crippen molar-refractivity contribution in [2.24, 2.45) is 0 Å². The Morgan fingerprint density at radius 3 is 2.12 bits per heavy atom. The van der Waals surface area contributed by atoms with Crippen LogP contribution in [0.2, 0.25) is 0 Å². The van der Waals surface area contributed by atoms with Crippen LogP contribution in [-0.4, -0.2) is 22.8 Å². The summed E-state index contributed by atoms with van der Waals surface area (Å²) in [6.07, 6.45) is -4.46. The fourth-order valence-electron chi connectivity index (χ4n) is 0.508. The summed E-state index contributed by atoms with van der Waals surface area (Å²) in [6.45, 7) is 3.70. The Morgan fingerprint density at radius 1 is 1.38 bits per heavy atom. The van der Waals surface area contributed by atoms with Crippen molar-refractivity contribution < 1.29 is 30.5 Å². The quantitative estimate of drug-likeness (QED) is 0.441. The zero-order valence-corrected chi connectivity index (χ0v) is 9.42. The molecule has 0 aliphatic heterocycles. The second kappa shape index (κ2) is 4.60. The average Bonchev–Trinajstić information content (AvgIpc) is 2.12. The summed E-state index contributed by atoms with van der Waals surface area (Å²) < 4.78 is 64.2.